The molecule has 11 heteroatoms. The van der Waals surface area contributed by atoms with E-state index < -0.39 is 36.2 Å². The number of urea groups is 1. The monoisotopic (exact) mass is 453 g/mol. The van der Waals surface area contributed by atoms with Gasteiger partial charge in [-0.2, -0.15) is 0 Å². The largest absolute Gasteiger partial charge is 0.573 e. The highest BCUT2D eigenvalue weighted by Gasteiger charge is 2.31. The summed E-state index contributed by atoms with van der Waals surface area (Å²) >= 11 is 0. The standard InChI is InChI=1S/C21H22F3N3O5/c22-21(23,24)32-16-9-5-14(6-10-16)25-20(31)27-11-1-2-18(29)17(12-27)26-19(30)13-3-7-15(28)8-4-13/h3-10,17-18,28-29H,1-2,11-12H2,(H,25,31)(H,26,30)/t17-,18+/m0/s1. The first-order valence-electron chi connectivity index (χ1n) is 9.80. The molecule has 1 heterocycles. The summed E-state index contributed by atoms with van der Waals surface area (Å²) in [4.78, 5) is 26.5. The SMILES string of the molecule is O=C(N[C@H]1CN(C(=O)Nc2ccc(OC(F)(F)F)cc2)CCC[C@H]1O)c1ccc(O)cc1. The summed E-state index contributed by atoms with van der Waals surface area (Å²) in [6.45, 7) is 0.357. The smallest absolute Gasteiger partial charge is 0.508 e. The number of aliphatic hydroxyl groups is 1. The first-order valence-corrected chi connectivity index (χ1v) is 9.80. The number of ether oxygens (including phenoxy) is 1. The number of hydrogen-bond acceptors (Lipinski definition) is 5. The van der Waals surface area contributed by atoms with Crippen LogP contribution in [-0.2, 0) is 0 Å². The third kappa shape index (κ3) is 6.51. The minimum absolute atomic E-state index is 0.0110. The number of nitrogens with zero attached hydrogens (tertiary/aromatic N) is 1. The number of aromatic hydroxyl groups is 1. The van der Waals surface area contributed by atoms with E-state index in [4.69, 9.17) is 0 Å². The summed E-state index contributed by atoms with van der Waals surface area (Å²) in [7, 11) is 0. The lowest BCUT2D eigenvalue weighted by Gasteiger charge is -2.27. The number of nitrogens with one attached hydrogen (secondary N) is 2. The fourth-order valence-electron chi connectivity index (χ4n) is 3.28. The number of phenols is 1. The van der Waals surface area contributed by atoms with E-state index in [1.54, 1.807) is 0 Å². The van der Waals surface area contributed by atoms with Crippen LogP contribution in [0.2, 0.25) is 0 Å². The molecule has 0 radical (unpaired) electrons. The fraction of sp³-hybridized carbons (Fsp3) is 0.333. The number of carbonyl (C=O) groups is 2. The second-order valence-electron chi connectivity index (χ2n) is 7.28. The highest BCUT2D eigenvalue weighted by molar-refractivity contribution is 5.94. The van der Waals surface area contributed by atoms with Gasteiger partial charge in [0, 0.05) is 24.3 Å². The third-order valence-electron chi connectivity index (χ3n) is 4.88. The number of hydrogen-bond donors (Lipinski definition) is 4. The van der Waals surface area contributed by atoms with Gasteiger partial charge in [0.25, 0.3) is 5.91 Å². The van der Waals surface area contributed by atoms with Gasteiger partial charge >= 0.3 is 12.4 Å². The van der Waals surface area contributed by atoms with Crippen molar-refractivity contribution in [1.82, 2.24) is 10.2 Å². The molecule has 2 aromatic carbocycles. The Labute approximate surface area is 181 Å². The van der Waals surface area contributed by atoms with Gasteiger partial charge < -0.3 is 30.5 Å². The Hall–Kier alpha value is -3.47. The van der Waals surface area contributed by atoms with Crippen LogP contribution in [-0.4, -0.2) is 58.6 Å². The van der Waals surface area contributed by atoms with Crippen LogP contribution >= 0.6 is 0 Å². The van der Waals surface area contributed by atoms with Crippen LogP contribution in [0, 0.1) is 0 Å². The van der Waals surface area contributed by atoms with Crippen molar-refractivity contribution in [3.05, 3.63) is 54.1 Å². The van der Waals surface area contributed by atoms with Crippen molar-refractivity contribution >= 4 is 17.6 Å². The number of anilines is 1. The highest BCUT2D eigenvalue weighted by atomic mass is 19.4. The zero-order chi connectivity index (χ0) is 23.3. The molecular formula is C21H22F3N3O5. The second kappa shape index (κ2) is 9.77. The van der Waals surface area contributed by atoms with Gasteiger partial charge in [0.05, 0.1) is 12.1 Å². The van der Waals surface area contributed by atoms with E-state index in [9.17, 15) is 33.0 Å². The van der Waals surface area contributed by atoms with Gasteiger partial charge in [-0.05, 0) is 61.4 Å². The molecule has 3 amide bonds. The zero-order valence-electron chi connectivity index (χ0n) is 16.8. The fourth-order valence-corrected chi connectivity index (χ4v) is 3.28. The van der Waals surface area contributed by atoms with Crippen molar-refractivity contribution in [3.8, 4) is 11.5 Å². The molecule has 0 spiro atoms. The van der Waals surface area contributed by atoms with Crippen LogP contribution in [0.25, 0.3) is 0 Å². The number of benzene rings is 2. The zero-order valence-corrected chi connectivity index (χ0v) is 16.8. The number of phenolic OH excluding ortho intramolecular Hbond substituents is 1. The predicted octanol–water partition coefficient (Wildman–Crippen LogP) is 3.08. The van der Waals surface area contributed by atoms with Gasteiger partial charge in [-0.1, -0.05) is 0 Å². The maximum absolute atomic E-state index is 12.7. The lowest BCUT2D eigenvalue weighted by Crippen LogP contribution is -2.50. The molecular weight excluding hydrogens is 431 g/mol. The summed E-state index contributed by atoms with van der Waals surface area (Å²) in [5.74, 6) is -0.862. The molecule has 3 rings (SSSR count). The van der Waals surface area contributed by atoms with Crippen molar-refractivity contribution in [1.29, 1.82) is 0 Å². The maximum Gasteiger partial charge on any atom is 0.573 e. The Morgan fingerprint density at radius 2 is 1.72 bits per heavy atom. The number of alkyl halides is 3. The molecule has 0 aliphatic carbocycles. The van der Waals surface area contributed by atoms with Crippen LogP contribution in [0.1, 0.15) is 23.2 Å². The Balaban J connectivity index is 1.62. The molecule has 1 aliphatic rings. The van der Waals surface area contributed by atoms with E-state index in [0.29, 0.717) is 19.4 Å². The molecule has 32 heavy (non-hydrogen) atoms. The lowest BCUT2D eigenvalue weighted by atomic mass is 10.1. The van der Waals surface area contributed by atoms with Crippen LogP contribution < -0.4 is 15.4 Å². The molecule has 0 saturated carbocycles. The summed E-state index contributed by atoms with van der Waals surface area (Å²) in [6, 6.07) is 9.05. The molecule has 2 atom stereocenters. The average molecular weight is 453 g/mol. The summed E-state index contributed by atoms with van der Waals surface area (Å²) in [5.41, 5.74) is 0.551. The first kappa shape index (κ1) is 23.2. The molecule has 0 unspecified atom stereocenters. The van der Waals surface area contributed by atoms with Crippen LogP contribution in [0.4, 0.5) is 23.7 Å². The molecule has 0 aromatic heterocycles. The van der Waals surface area contributed by atoms with E-state index in [1.807, 2.05) is 0 Å². The molecule has 4 N–H and O–H groups in total. The van der Waals surface area contributed by atoms with E-state index in [0.717, 1.165) is 12.1 Å². The minimum atomic E-state index is -4.81. The minimum Gasteiger partial charge on any atom is -0.508 e. The lowest BCUT2D eigenvalue weighted by molar-refractivity contribution is -0.274. The predicted molar refractivity (Wildman–Crippen MR) is 108 cm³/mol. The van der Waals surface area contributed by atoms with E-state index >= 15 is 0 Å². The van der Waals surface area contributed by atoms with Crippen molar-refractivity contribution < 1.29 is 37.7 Å². The van der Waals surface area contributed by atoms with Gasteiger partial charge in [0.15, 0.2) is 0 Å². The topological polar surface area (TPSA) is 111 Å². The number of aliphatic hydroxyl groups excluding tert-OH is 1. The van der Waals surface area contributed by atoms with Gasteiger partial charge in [-0.15, -0.1) is 13.2 Å². The quantitative estimate of drug-likeness (QED) is 0.569. The summed E-state index contributed by atoms with van der Waals surface area (Å²) in [5, 5.41) is 25.0. The second-order valence-corrected chi connectivity index (χ2v) is 7.28. The molecule has 172 valence electrons. The first-order chi connectivity index (χ1) is 15.1. The van der Waals surface area contributed by atoms with Crippen LogP contribution in [0.15, 0.2) is 48.5 Å². The Morgan fingerprint density at radius 3 is 2.34 bits per heavy atom. The summed E-state index contributed by atoms with van der Waals surface area (Å²) in [6.07, 6.45) is -4.81. The Morgan fingerprint density at radius 1 is 1.06 bits per heavy atom. The number of amides is 3. The Kier molecular flexibility index (Phi) is 7.08. The van der Waals surface area contributed by atoms with Crippen molar-refractivity contribution in [2.45, 2.75) is 31.3 Å². The van der Waals surface area contributed by atoms with Crippen molar-refractivity contribution in [3.63, 3.8) is 0 Å². The van der Waals surface area contributed by atoms with Gasteiger partial charge in [-0.25, -0.2) is 4.79 Å². The van der Waals surface area contributed by atoms with Crippen LogP contribution in [0.3, 0.4) is 0 Å². The molecule has 0 bridgehead atoms. The van der Waals surface area contributed by atoms with E-state index in [-0.39, 0.29) is 23.5 Å². The average Bonchev–Trinajstić information content (AvgIpc) is 2.90. The molecule has 1 fully saturated rings. The van der Waals surface area contributed by atoms with E-state index in [2.05, 4.69) is 15.4 Å². The normalized spacial score (nSPS) is 19.1. The number of carbonyl (C=O) groups excluding carboxylic acids is 2. The molecule has 2 aromatic rings. The number of rotatable bonds is 4. The molecule has 8 nitrogen and oxygen atoms in total. The van der Waals surface area contributed by atoms with Crippen LogP contribution in [0.5, 0.6) is 11.5 Å². The van der Waals surface area contributed by atoms with E-state index in [1.165, 1.54) is 41.3 Å². The molecule has 1 saturated heterocycles. The number of halogens is 3. The Bertz CT molecular complexity index is 935. The maximum atomic E-state index is 12.7. The van der Waals surface area contributed by atoms with Crippen molar-refractivity contribution in [2.24, 2.45) is 0 Å². The van der Waals surface area contributed by atoms with Gasteiger partial charge in [-0.3, -0.25) is 4.79 Å². The van der Waals surface area contributed by atoms with Gasteiger partial charge in [0.1, 0.15) is 11.5 Å². The summed E-state index contributed by atoms with van der Waals surface area (Å²) < 4.78 is 40.6. The molecule has 1 aliphatic heterocycles. The van der Waals surface area contributed by atoms with Gasteiger partial charge in [0.2, 0.25) is 0 Å². The highest BCUT2D eigenvalue weighted by Crippen LogP contribution is 2.24. The van der Waals surface area contributed by atoms with Crippen molar-refractivity contribution in [2.75, 3.05) is 18.4 Å². The number of likely N-dealkylation sites (tertiary alicyclic amines) is 1. The third-order valence-corrected chi connectivity index (χ3v) is 4.88.